The number of sulfonamides is 1. The lowest BCUT2D eigenvalue weighted by molar-refractivity contribution is -0.119. The molecule has 0 radical (unpaired) electrons. The maximum absolute atomic E-state index is 12.2. The SMILES string of the molecule is Cc1ccc(S(=O)(=O)NCCCCCC(=O)CCCCCCCCCNCCCN)cc1. The summed E-state index contributed by atoms with van der Waals surface area (Å²) >= 11 is 0. The Morgan fingerprint density at radius 2 is 1.25 bits per heavy atom. The number of hydrogen-bond acceptors (Lipinski definition) is 5. The Balaban J connectivity index is 1.91. The molecule has 0 atom stereocenters. The van der Waals surface area contributed by atoms with E-state index in [4.69, 9.17) is 5.73 Å². The molecule has 0 saturated heterocycles. The highest BCUT2D eigenvalue weighted by Crippen LogP contribution is 2.12. The largest absolute Gasteiger partial charge is 0.330 e. The fourth-order valence-corrected chi connectivity index (χ4v) is 4.64. The normalized spacial score (nSPS) is 11.7. The molecule has 0 unspecified atom stereocenters. The van der Waals surface area contributed by atoms with Crippen LogP contribution in [-0.4, -0.2) is 40.4 Å². The highest BCUT2D eigenvalue weighted by Gasteiger charge is 2.12. The molecule has 184 valence electrons. The zero-order chi connectivity index (χ0) is 23.5. The number of unbranched alkanes of at least 4 members (excludes halogenated alkanes) is 8. The molecule has 6 nitrogen and oxygen atoms in total. The van der Waals surface area contributed by atoms with Gasteiger partial charge in [-0.05, 0) is 70.8 Å². The third-order valence-electron chi connectivity index (χ3n) is 5.62. The van der Waals surface area contributed by atoms with Gasteiger partial charge in [-0.25, -0.2) is 13.1 Å². The predicted octanol–water partition coefficient (Wildman–Crippen LogP) is 4.46. The average Bonchev–Trinajstić information content (AvgIpc) is 2.77. The predicted molar refractivity (Wildman–Crippen MR) is 133 cm³/mol. The topological polar surface area (TPSA) is 101 Å². The van der Waals surface area contributed by atoms with Gasteiger partial charge in [0, 0.05) is 19.4 Å². The van der Waals surface area contributed by atoms with E-state index in [-0.39, 0.29) is 0 Å². The monoisotopic (exact) mass is 467 g/mol. The quantitative estimate of drug-likeness (QED) is 0.232. The van der Waals surface area contributed by atoms with E-state index in [2.05, 4.69) is 10.0 Å². The van der Waals surface area contributed by atoms with Crippen molar-refractivity contribution in [3.8, 4) is 0 Å². The summed E-state index contributed by atoms with van der Waals surface area (Å²) in [5, 5.41) is 3.41. The Kier molecular flexibility index (Phi) is 16.3. The van der Waals surface area contributed by atoms with Crippen molar-refractivity contribution in [2.45, 2.75) is 95.3 Å². The minimum atomic E-state index is -3.43. The van der Waals surface area contributed by atoms with Gasteiger partial charge in [-0.1, -0.05) is 56.2 Å². The summed E-state index contributed by atoms with van der Waals surface area (Å²) in [6.45, 7) is 5.21. The summed E-state index contributed by atoms with van der Waals surface area (Å²) in [6, 6.07) is 6.84. The highest BCUT2D eigenvalue weighted by molar-refractivity contribution is 7.89. The van der Waals surface area contributed by atoms with E-state index >= 15 is 0 Å². The first-order chi connectivity index (χ1) is 15.5. The summed E-state index contributed by atoms with van der Waals surface area (Å²) in [5.41, 5.74) is 6.49. The lowest BCUT2D eigenvalue weighted by Gasteiger charge is -2.07. The third-order valence-corrected chi connectivity index (χ3v) is 7.10. The van der Waals surface area contributed by atoms with Crippen molar-refractivity contribution in [1.82, 2.24) is 10.0 Å². The van der Waals surface area contributed by atoms with Gasteiger partial charge in [-0.15, -0.1) is 0 Å². The van der Waals surface area contributed by atoms with Crippen molar-refractivity contribution in [2.75, 3.05) is 26.2 Å². The maximum Gasteiger partial charge on any atom is 0.240 e. The lowest BCUT2D eigenvalue weighted by Crippen LogP contribution is -2.24. The molecule has 0 heterocycles. The van der Waals surface area contributed by atoms with Gasteiger partial charge in [0.1, 0.15) is 5.78 Å². The summed E-state index contributed by atoms with van der Waals surface area (Å²) in [7, 11) is -3.43. The van der Waals surface area contributed by atoms with Crippen LogP contribution in [0.4, 0.5) is 0 Å². The summed E-state index contributed by atoms with van der Waals surface area (Å²) in [6.07, 6.45) is 13.2. The third kappa shape index (κ3) is 14.7. The number of hydrogen-bond donors (Lipinski definition) is 3. The summed E-state index contributed by atoms with van der Waals surface area (Å²) in [5.74, 6) is 0.341. The minimum absolute atomic E-state index is 0.300. The molecule has 32 heavy (non-hydrogen) atoms. The number of carbonyl (C=O) groups is 1. The van der Waals surface area contributed by atoms with E-state index in [1.165, 1.54) is 32.1 Å². The van der Waals surface area contributed by atoms with E-state index < -0.39 is 10.0 Å². The van der Waals surface area contributed by atoms with Crippen molar-refractivity contribution >= 4 is 15.8 Å². The van der Waals surface area contributed by atoms with E-state index in [9.17, 15) is 13.2 Å². The van der Waals surface area contributed by atoms with Crippen LogP contribution in [0.1, 0.15) is 89.0 Å². The molecule has 1 aromatic carbocycles. The molecule has 0 amide bonds. The zero-order valence-corrected chi connectivity index (χ0v) is 20.9. The molecule has 1 aromatic rings. The second-order valence-electron chi connectivity index (χ2n) is 8.68. The van der Waals surface area contributed by atoms with Gasteiger partial charge in [0.25, 0.3) is 0 Å². The molecule has 0 aliphatic heterocycles. The Hall–Kier alpha value is -1.28. The molecule has 4 N–H and O–H groups in total. The lowest BCUT2D eigenvalue weighted by atomic mass is 10.0. The standard InChI is InChI=1S/C25H45N3O3S/c1-23-15-17-25(18-16-23)32(30,31)28-22-11-7-9-14-24(29)13-8-5-3-2-4-6-10-20-27-21-12-19-26/h15-18,27-28H,2-14,19-22,26H2,1H3. The fraction of sp³-hybridized carbons (Fsp3) is 0.720. The molecule has 0 bridgehead atoms. The Morgan fingerprint density at radius 3 is 1.88 bits per heavy atom. The number of nitrogens with two attached hydrogens (primary N) is 1. The molecule has 7 heteroatoms. The molecule has 0 saturated carbocycles. The number of rotatable bonds is 21. The molecule has 0 fully saturated rings. The smallest absolute Gasteiger partial charge is 0.240 e. The van der Waals surface area contributed by atoms with Crippen molar-refractivity contribution in [2.24, 2.45) is 5.73 Å². The second-order valence-corrected chi connectivity index (χ2v) is 10.4. The first kappa shape index (κ1) is 28.8. The van der Waals surface area contributed by atoms with Crippen LogP contribution < -0.4 is 15.8 Å². The average molecular weight is 468 g/mol. The molecule has 0 aliphatic carbocycles. The first-order valence-electron chi connectivity index (χ1n) is 12.4. The van der Waals surface area contributed by atoms with E-state index in [1.807, 2.05) is 6.92 Å². The van der Waals surface area contributed by atoms with Crippen molar-refractivity contribution < 1.29 is 13.2 Å². The fourth-order valence-electron chi connectivity index (χ4n) is 3.56. The number of nitrogens with one attached hydrogen (secondary N) is 2. The number of carbonyl (C=O) groups excluding carboxylic acids is 1. The molecule has 1 rings (SSSR count). The number of benzene rings is 1. The first-order valence-corrected chi connectivity index (χ1v) is 13.9. The van der Waals surface area contributed by atoms with Gasteiger partial charge in [0.15, 0.2) is 0 Å². The van der Waals surface area contributed by atoms with Gasteiger partial charge in [-0.3, -0.25) is 4.79 Å². The van der Waals surface area contributed by atoms with Gasteiger partial charge >= 0.3 is 0 Å². The van der Waals surface area contributed by atoms with Crippen LogP contribution >= 0.6 is 0 Å². The highest BCUT2D eigenvalue weighted by atomic mass is 32.2. The van der Waals surface area contributed by atoms with Crippen LogP contribution in [0.15, 0.2) is 29.2 Å². The second kappa shape index (κ2) is 18.2. The van der Waals surface area contributed by atoms with Gasteiger partial charge < -0.3 is 11.1 Å². The van der Waals surface area contributed by atoms with Gasteiger partial charge in [-0.2, -0.15) is 0 Å². The molecular weight excluding hydrogens is 422 g/mol. The molecule has 0 spiro atoms. The van der Waals surface area contributed by atoms with Crippen molar-refractivity contribution in [3.63, 3.8) is 0 Å². The number of aryl methyl sites for hydroxylation is 1. The summed E-state index contributed by atoms with van der Waals surface area (Å²) < 4.78 is 27.1. The van der Waals surface area contributed by atoms with Crippen LogP contribution in [0, 0.1) is 6.92 Å². The van der Waals surface area contributed by atoms with Gasteiger partial charge in [0.05, 0.1) is 4.90 Å². The Labute approximate surface area is 196 Å². The maximum atomic E-state index is 12.2. The molecule has 0 aliphatic rings. The minimum Gasteiger partial charge on any atom is -0.330 e. The van der Waals surface area contributed by atoms with Crippen molar-refractivity contribution in [3.05, 3.63) is 29.8 Å². The van der Waals surface area contributed by atoms with Crippen LogP contribution in [0.25, 0.3) is 0 Å². The van der Waals surface area contributed by atoms with Crippen LogP contribution in [0.3, 0.4) is 0 Å². The Bertz CT molecular complexity index is 706. The van der Waals surface area contributed by atoms with Gasteiger partial charge in [0.2, 0.25) is 10.0 Å². The van der Waals surface area contributed by atoms with Crippen LogP contribution in [0.5, 0.6) is 0 Å². The zero-order valence-electron chi connectivity index (χ0n) is 20.0. The number of ketones is 1. The van der Waals surface area contributed by atoms with Crippen LogP contribution in [-0.2, 0) is 14.8 Å². The van der Waals surface area contributed by atoms with E-state index in [0.29, 0.717) is 30.1 Å². The van der Waals surface area contributed by atoms with Crippen LogP contribution in [0.2, 0.25) is 0 Å². The van der Waals surface area contributed by atoms with Crippen molar-refractivity contribution in [1.29, 1.82) is 0 Å². The number of Topliss-reactive ketones (excluding diaryl/α,β-unsaturated/α-hetero) is 1. The van der Waals surface area contributed by atoms with E-state index in [0.717, 1.165) is 63.7 Å². The molecular formula is C25H45N3O3S. The Morgan fingerprint density at radius 1 is 0.750 bits per heavy atom. The van der Waals surface area contributed by atoms with E-state index in [1.54, 1.807) is 24.3 Å². The summed E-state index contributed by atoms with van der Waals surface area (Å²) in [4.78, 5) is 12.3. The molecule has 0 aromatic heterocycles.